The number of aromatic amines is 1. The standard InChI is InChI=1S/C18H14N2O3S/c1-22-14-8-3-2-6-11(14)16-19-17-12(18(24)20-16)9-10-5-4-7-13(21)15(10)23-17/h2-8,21H,9H2,1H3,(H,19,20,24). The van der Waals surface area contributed by atoms with E-state index in [2.05, 4.69) is 9.97 Å². The van der Waals surface area contributed by atoms with Crippen LogP contribution < -0.4 is 9.47 Å². The number of hydrogen-bond donors (Lipinski definition) is 2. The molecule has 0 saturated carbocycles. The molecule has 3 aromatic rings. The van der Waals surface area contributed by atoms with Gasteiger partial charge in [0.15, 0.2) is 11.5 Å². The van der Waals surface area contributed by atoms with Crippen molar-refractivity contribution in [3.63, 3.8) is 0 Å². The van der Waals surface area contributed by atoms with Crippen LogP contribution >= 0.6 is 12.2 Å². The fourth-order valence-corrected chi connectivity index (χ4v) is 3.06. The Labute approximate surface area is 143 Å². The molecule has 120 valence electrons. The molecule has 5 nitrogen and oxygen atoms in total. The summed E-state index contributed by atoms with van der Waals surface area (Å²) in [7, 11) is 1.61. The number of nitrogens with zero attached hydrogens (tertiary/aromatic N) is 1. The lowest BCUT2D eigenvalue weighted by Crippen LogP contribution is -2.08. The largest absolute Gasteiger partial charge is 0.504 e. The molecule has 1 aliphatic heterocycles. The monoisotopic (exact) mass is 338 g/mol. The van der Waals surface area contributed by atoms with Crippen LogP contribution in [0, 0.1) is 4.64 Å². The Hall–Kier alpha value is -2.86. The smallest absolute Gasteiger partial charge is 0.205 e. The van der Waals surface area contributed by atoms with Gasteiger partial charge in [0.25, 0.3) is 0 Å². The Morgan fingerprint density at radius 1 is 1.21 bits per heavy atom. The first-order chi connectivity index (χ1) is 11.7. The SMILES string of the molecule is COc1ccccc1-c1nc(=S)c2c([nH]1)Oc1c(O)cccc1C2. The van der Waals surface area contributed by atoms with Crippen LogP contribution in [0.1, 0.15) is 11.1 Å². The van der Waals surface area contributed by atoms with Crippen LogP contribution in [0.15, 0.2) is 42.5 Å². The molecule has 0 atom stereocenters. The number of hydrogen-bond acceptors (Lipinski definition) is 5. The van der Waals surface area contributed by atoms with Crippen molar-refractivity contribution in [2.45, 2.75) is 6.42 Å². The molecule has 0 amide bonds. The van der Waals surface area contributed by atoms with Gasteiger partial charge in [0, 0.05) is 12.0 Å². The van der Waals surface area contributed by atoms with Gasteiger partial charge in [-0.1, -0.05) is 36.5 Å². The van der Waals surface area contributed by atoms with Crippen LogP contribution in [-0.4, -0.2) is 22.2 Å². The molecule has 0 spiro atoms. The highest BCUT2D eigenvalue weighted by atomic mass is 32.1. The van der Waals surface area contributed by atoms with E-state index in [9.17, 15) is 5.11 Å². The lowest BCUT2D eigenvalue weighted by molar-refractivity contribution is 0.388. The van der Waals surface area contributed by atoms with E-state index in [1.165, 1.54) is 0 Å². The summed E-state index contributed by atoms with van der Waals surface area (Å²) in [5, 5.41) is 10.0. The molecule has 2 heterocycles. The van der Waals surface area contributed by atoms with E-state index in [4.69, 9.17) is 21.7 Å². The minimum Gasteiger partial charge on any atom is -0.504 e. The number of phenols is 1. The molecule has 24 heavy (non-hydrogen) atoms. The fourth-order valence-electron chi connectivity index (χ4n) is 2.81. The lowest BCUT2D eigenvalue weighted by atomic mass is 10.0. The van der Waals surface area contributed by atoms with Crippen LogP contribution in [0.2, 0.25) is 0 Å². The van der Waals surface area contributed by atoms with Gasteiger partial charge in [-0.2, -0.15) is 0 Å². The highest BCUT2D eigenvalue weighted by molar-refractivity contribution is 7.71. The summed E-state index contributed by atoms with van der Waals surface area (Å²) in [5.74, 6) is 2.32. The maximum absolute atomic E-state index is 10.0. The Balaban J connectivity index is 1.86. The van der Waals surface area contributed by atoms with Crippen molar-refractivity contribution in [1.82, 2.24) is 9.97 Å². The number of benzene rings is 2. The number of nitrogens with one attached hydrogen (secondary N) is 1. The number of phenolic OH excluding ortho intramolecular Hbond substituents is 1. The number of aromatic hydroxyl groups is 1. The topological polar surface area (TPSA) is 67.4 Å². The average Bonchev–Trinajstić information content (AvgIpc) is 2.61. The van der Waals surface area contributed by atoms with E-state index >= 15 is 0 Å². The summed E-state index contributed by atoms with van der Waals surface area (Å²) in [6.45, 7) is 0. The van der Waals surface area contributed by atoms with Gasteiger partial charge >= 0.3 is 0 Å². The lowest BCUT2D eigenvalue weighted by Gasteiger charge is -2.21. The molecule has 0 radical (unpaired) electrons. The van der Waals surface area contributed by atoms with Gasteiger partial charge in [0.2, 0.25) is 5.88 Å². The van der Waals surface area contributed by atoms with Crippen LogP contribution in [0.5, 0.6) is 23.1 Å². The van der Waals surface area contributed by atoms with Crippen LogP contribution in [0.3, 0.4) is 0 Å². The van der Waals surface area contributed by atoms with E-state index in [0.29, 0.717) is 34.3 Å². The van der Waals surface area contributed by atoms with E-state index in [1.807, 2.05) is 30.3 Å². The molecule has 6 heteroatoms. The second-order valence-electron chi connectivity index (χ2n) is 5.44. The van der Waals surface area contributed by atoms with Gasteiger partial charge in [0.1, 0.15) is 16.2 Å². The van der Waals surface area contributed by atoms with Crippen LogP contribution in [0.25, 0.3) is 11.4 Å². The fraction of sp³-hybridized carbons (Fsp3) is 0.111. The van der Waals surface area contributed by atoms with Gasteiger partial charge in [-0.15, -0.1) is 0 Å². The van der Waals surface area contributed by atoms with Crippen LogP contribution in [0.4, 0.5) is 0 Å². The molecule has 2 N–H and O–H groups in total. The van der Waals surface area contributed by atoms with Gasteiger partial charge in [0.05, 0.1) is 18.2 Å². The van der Waals surface area contributed by atoms with E-state index in [1.54, 1.807) is 19.2 Å². The van der Waals surface area contributed by atoms with E-state index in [0.717, 1.165) is 16.7 Å². The van der Waals surface area contributed by atoms with Gasteiger partial charge < -0.3 is 19.6 Å². The van der Waals surface area contributed by atoms with Gasteiger partial charge in [-0.05, 0) is 18.2 Å². The predicted molar refractivity (Wildman–Crippen MR) is 92.4 cm³/mol. The summed E-state index contributed by atoms with van der Waals surface area (Å²) < 4.78 is 11.7. The second kappa shape index (κ2) is 5.65. The molecule has 4 rings (SSSR count). The Kier molecular flexibility index (Phi) is 3.46. The molecule has 2 aromatic carbocycles. The van der Waals surface area contributed by atoms with Crippen molar-refractivity contribution in [2.24, 2.45) is 0 Å². The summed E-state index contributed by atoms with van der Waals surface area (Å²) in [6, 6.07) is 12.8. The minimum atomic E-state index is 0.105. The highest BCUT2D eigenvalue weighted by Gasteiger charge is 2.23. The number of aromatic nitrogens is 2. The first-order valence-electron chi connectivity index (χ1n) is 7.42. The maximum Gasteiger partial charge on any atom is 0.205 e. The normalized spacial score (nSPS) is 12.0. The zero-order chi connectivity index (χ0) is 16.7. The van der Waals surface area contributed by atoms with Crippen molar-refractivity contribution >= 4 is 12.2 Å². The first kappa shape index (κ1) is 14.7. The molecular formula is C18H14N2O3S. The number of rotatable bonds is 2. The van der Waals surface area contributed by atoms with Crippen molar-refractivity contribution in [3.8, 4) is 34.5 Å². The number of fused-ring (bicyclic) bond motifs is 2. The third kappa shape index (κ3) is 2.32. The quantitative estimate of drug-likeness (QED) is 0.536. The number of para-hydroxylation sites is 2. The molecule has 0 aliphatic carbocycles. The average molecular weight is 338 g/mol. The predicted octanol–water partition coefficient (Wildman–Crippen LogP) is 4.22. The third-order valence-electron chi connectivity index (χ3n) is 3.99. The zero-order valence-electron chi connectivity index (χ0n) is 12.9. The molecule has 0 saturated heterocycles. The molecule has 0 fully saturated rings. The van der Waals surface area contributed by atoms with Crippen molar-refractivity contribution < 1.29 is 14.6 Å². The van der Waals surface area contributed by atoms with E-state index in [-0.39, 0.29) is 5.75 Å². The summed E-state index contributed by atoms with van der Waals surface area (Å²) in [6.07, 6.45) is 0.563. The molecular weight excluding hydrogens is 324 g/mol. The number of ether oxygens (including phenoxy) is 2. The summed E-state index contributed by atoms with van der Waals surface area (Å²) in [4.78, 5) is 7.67. The second-order valence-corrected chi connectivity index (χ2v) is 5.83. The number of methoxy groups -OCH3 is 1. The van der Waals surface area contributed by atoms with Crippen molar-refractivity contribution in [1.29, 1.82) is 0 Å². The molecule has 1 aromatic heterocycles. The van der Waals surface area contributed by atoms with Crippen LogP contribution in [-0.2, 0) is 6.42 Å². The van der Waals surface area contributed by atoms with E-state index < -0.39 is 0 Å². The minimum absolute atomic E-state index is 0.105. The first-order valence-corrected chi connectivity index (χ1v) is 7.83. The number of H-pyrrole nitrogens is 1. The van der Waals surface area contributed by atoms with Gasteiger partial charge in [-0.25, -0.2) is 4.98 Å². The zero-order valence-corrected chi connectivity index (χ0v) is 13.7. The molecule has 0 bridgehead atoms. The maximum atomic E-state index is 10.0. The Morgan fingerprint density at radius 2 is 2.04 bits per heavy atom. The van der Waals surface area contributed by atoms with Gasteiger partial charge in [-0.3, -0.25) is 0 Å². The third-order valence-corrected chi connectivity index (χ3v) is 4.32. The molecule has 1 aliphatic rings. The highest BCUT2D eigenvalue weighted by Crippen LogP contribution is 2.41. The summed E-state index contributed by atoms with van der Waals surface area (Å²) in [5.41, 5.74) is 2.48. The molecule has 0 unspecified atom stereocenters. The Morgan fingerprint density at radius 3 is 2.88 bits per heavy atom. The van der Waals surface area contributed by atoms with Crippen molar-refractivity contribution in [2.75, 3.05) is 7.11 Å². The summed E-state index contributed by atoms with van der Waals surface area (Å²) >= 11 is 5.45. The van der Waals surface area contributed by atoms with Crippen molar-refractivity contribution in [3.05, 3.63) is 58.2 Å². The Bertz CT molecular complexity index is 998.